The first-order valence-corrected chi connectivity index (χ1v) is 7.52. The Morgan fingerprint density at radius 2 is 2.06 bits per heavy atom. The molecule has 0 saturated heterocycles. The van der Waals surface area contributed by atoms with Crippen molar-refractivity contribution in [1.29, 1.82) is 0 Å². The molecule has 6 nitrogen and oxygen atoms in total. The van der Waals surface area contributed by atoms with Crippen LogP contribution < -0.4 is 0 Å². The van der Waals surface area contributed by atoms with Crippen molar-refractivity contribution in [2.75, 3.05) is 13.2 Å². The summed E-state index contributed by atoms with van der Waals surface area (Å²) in [6.45, 7) is 3.78. The molecule has 0 aromatic carbocycles. The van der Waals surface area contributed by atoms with Gasteiger partial charge in [-0.3, -0.25) is 0 Å². The monoisotopic (exact) mass is 275 g/mol. The average Bonchev–Trinajstić information content (AvgIpc) is 2.77. The molecule has 1 N–H and O–H groups in total. The van der Waals surface area contributed by atoms with E-state index >= 15 is 0 Å². The van der Waals surface area contributed by atoms with Gasteiger partial charge in [0.15, 0.2) is 5.03 Å². The van der Waals surface area contributed by atoms with Gasteiger partial charge in [0.2, 0.25) is 0 Å². The average molecular weight is 275 g/mol. The number of imidazole rings is 1. The number of aryl methyl sites for hydroxylation is 1. The highest BCUT2D eigenvalue weighted by Gasteiger charge is 2.30. The number of hydrogen-bond donors (Lipinski definition) is 1. The zero-order chi connectivity index (χ0) is 13.8. The molecule has 0 atom stereocenters. The molecule has 0 aliphatic carbocycles. The molecule has 0 radical (unpaired) electrons. The second kappa shape index (κ2) is 6.31. The highest BCUT2D eigenvalue weighted by molar-refractivity contribution is 7.89. The van der Waals surface area contributed by atoms with Gasteiger partial charge < -0.3 is 9.67 Å². The first kappa shape index (κ1) is 15.1. The Kier molecular flexibility index (Phi) is 5.30. The number of nitrogens with zero attached hydrogens (tertiary/aromatic N) is 3. The van der Waals surface area contributed by atoms with Gasteiger partial charge in [-0.1, -0.05) is 13.8 Å². The maximum atomic E-state index is 12.4. The van der Waals surface area contributed by atoms with Crippen molar-refractivity contribution in [2.24, 2.45) is 7.05 Å². The largest absolute Gasteiger partial charge is 0.395 e. The van der Waals surface area contributed by atoms with E-state index in [2.05, 4.69) is 4.98 Å². The van der Waals surface area contributed by atoms with E-state index in [1.165, 1.54) is 16.8 Å². The molecule has 18 heavy (non-hydrogen) atoms. The Hall–Kier alpha value is -0.920. The van der Waals surface area contributed by atoms with Crippen molar-refractivity contribution in [1.82, 2.24) is 13.9 Å². The van der Waals surface area contributed by atoms with Crippen LogP contribution in [0.25, 0.3) is 0 Å². The van der Waals surface area contributed by atoms with Gasteiger partial charge in [0.1, 0.15) is 0 Å². The van der Waals surface area contributed by atoms with Gasteiger partial charge in [-0.2, -0.15) is 4.31 Å². The lowest BCUT2D eigenvalue weighted by molar-refractivity contribution is 0.219. The second-order valence-corrected chi connectivity index (χ2v) is 6.02. The zero-order valence-electron chi connectivity index (χ0n) is 11.1. The van der Waals surface area contributed by atoms with Crippen LogP contribution in [0.3, 0.4) is 0 Å². The van der Waals surface area contributed by atoms with Gasteiger partial charge in [-0.15, -0.1) is 0 Å². The van der Waals surface area contributed by atoms with Gasteiger partial charge >= 0.3 is 0 Å². The molecular formula is C11H21N3O3S. The Morgan fingerprint density at radius 3 is 2.44 bits per heavy atom. The van der Waals surface area contributed by atoms with Crippen LogP contribution in [-0.4, -0.2) is 46.6 Å². The normalized spacial score (nSPS) is 12.6. The number of aliphatic hydroxyl groups excluding tert-OH is 1. The number of hydrogen-bond acceptors (Lipinski definition) is 4. The molecule has 0 unspecified atom stereocenters. The first-order valence-electron chi connectivity index (χ1n) is 6.08. The maximum Gasteiger partial charge on any atom is 0.262 e. The minimum atomic E-state index is -3.62. The minimum Gasteiger partial charge on any atom is -0.395 e. The molecule has 0 spiro atoms. The Balaban J connectivity index is 3.11. The Bertz CT molecular complexity index is 466. The summed E-state index contributed by atoms with van der Waals surface area (Å²) in [5.74, 6) is 0. The van der Waals surface area contributed by atoms with E-state index in [1.807, 2.05) is 13.8 Å². The van der Waals surface area contributed by atoms with Gasteiger partial charge in [0.25, 0.3) is 10.0 Å². The summed E-state index contributed by atoms with van der Waals surface area (Å²) in [4.78, 5) is 3.89. The topological polar surface area (TPSA) is 75.4 Å². The van der Waals surface area contributed by atoms with Crippen molar-refractivity contribution in [3.05, 3.63) is 12.5 Å². The molecule has 0 saturated carbocycles. The van der Waals surface area contributed by atoms with Crippen molar-refractivity contribution in [3.63, 3.8) is 0 Å². The van der Waals surface area contributed by atoms with Crippen molar-refractivity contribution in [3.8, 4) is 0 Å². The van der Waals surface area contributed by atoms with E-state index < -0.39 is 10.0 Å². The molecule has 1 aromatic heterocycles. The van der Waals surface area contributed by atoms with Crippen LogP contribution in [0.15, 0.2) is 17.6 Å². The van der Waals surface area contributed by atoms with Crippen LogP contribution in [0.2, 0.25) is 0 Å². The summed E-state index contributed by atoms with van der Waals surface area (Å²) in [5, 5.41) is 9.09. The first-order chi connectivity index (χ1) is 8.47. The van der Waals surface area contributed by atoms with E-state index in [-0.39, 0.29) is 24.2 Å². The molecule has 0 amide bonds. The van der Waals surface area contributed by atoms with Crippen LogP contribution in [0, 0.1) is 0 Å². The fourth-order valence-electron chi connectivity index (χ4n) is 1.94. The molecule has 1 rings (SSSR count). The quantitative estimate of drug-likeness (QED) is 0.790. The molecule has 104 valence electrons. The highest BCUT2D eigenvalue weighted by atomic mass is 32.2. The molecule has 7 heteroatoms. The van der Waals surface area contributed by atoms with Crippen LogP contribution in [0.5, 0.6) is 0 Å². The summed E-state index contributed by atoms with van der Waals surface area (Å²) >= 11 is 0. The van der Waals surface area contributed by atoms with Gasteiger partial charge in [-0.25, -0.2) is 13.4 Å². The Labute approximate surface area is 108 Å². The van der Waals surface area contributed by atoms with Crippen LogP contribution >= 0.6 is 0 Å². The zero-order valence-corrected chi connectivity index (χ0v) is 11.9. The number of sulfonamides is 1. The highest BCUT2D eigenvalue weighted by Crippen LogP contribution is 2.19. The summed E-state index contributed by atoms with van der Waals surface area (Å²) in [6.07, 6.45) is 4.35. The van der Waals surface area contributed by atoms with Crippen LogP contribution in [-0.2, 0) is 17.1 Å². The third kappa shape index (κ3) is 3.09. The number of rotatable bonds is 7. The van der Waals surface area contributed by atoms with E-state index in [0.717, 1.165) is 0 Å². The maximum absolute atomic E-state index is 12.4. The molecular weight excluding hydrogens is 254 g/mol. The van der Waals surface area contributed by atoms with E-state index in [4.69, 9.17) is 5.11 Å². The van der Waals surface area contributed by atoms with Crippen molar-refractivity contribution in [2.45, 2.75) is 37.8 Å². The lowest BCUT2D eigenvalue weighted by Gasteiger charge is -2.28. The molecule has 1 aromatic rings. The van der Waals surface area contributed by atoms with Gasteiger partial charge in [0, 0.05) is 25.8 Å². The standard InChI is InChI=1S/C11H21N3O3S/c1-4-10(5-2)14(6-7-15)18(16,17)11-8-13(3)9-12-11/h8-10,15H,4-7H2,1-3H3. The SMILES string of the molecule is CCC(CC)N(CCO)S(=O)(=O)c1cn(C)cn1. The predicted octanol–water partition coefficient (Wildman–Crippen LogP) is 0.592. The number of aromatic nitrogens is 2. The fraction of sp³-hybridized carbons (Fsp3) is 0.727. The molecule has 0 aliphatic rings. The summed E-state index contributed by atoms with van der Waals surface area (Å²) in [6, 6.07) is -0.107. The third-order valence-electron chi connectivity index (χ3n) is 2.92. The lowest BCUT2D eigenvalue weighted by Crippen LogP contribution is -2.41. The van der Waals surface area contributed by atoms with Crippen LogP contribution in [0.1, 0.15) is 26.7 Å². The molecule has 0 bridgehead atoms. The number of aliphatic hydroxyl groups is 1. The van der Waals surface area contributed by atoms with Crippen molar-refractivity contribution < 1.29 is 13.5 Å². The third-order valence-corrected chi connectivity index (χ3v) is 4.76. The summed E-state index contributed by atoms with van der Waals surface area (Å²) in [7, 11) is -1.90. The van der Waals surface area contributed by atoms with E-state index in [9.17, 15) is 8.42 Å². The van der Waals surface area contributed by atoms with Gasteiger partial charge in [0.05, 0.1) is 12.9 Å². The molecule has 0 fully saturated rings. The molecule has 1 heterocycles. The van der Waals surface area contributed by atoms with E-state index in [1.54, 1.807) is 11.6 Å². The minimum absolute atomic E-state index is 0.0327. The molecule has 0 aliphatic heterocycles. The summed E-state index contributed by atoms with van der Waals surface area (Å²) < 4.78 is 27.8. The lowest BCUT2D eigenvalue weighted by atomic mass is 10.2. The van der Waals surface area contributed by atoms with Gasteiger partial charge in [-0.05, 0) is 12.8 Å². The Morgan fingerprint density at radius 1 is 1.44 bits per heavy atom. The van der Waals surface area contributed by atoms with E-state index in [0.29, 0.717) is 12.8 Å². The van der Waals surface area contributed by atoms with Crippen LogP contribution in [0.4, 0.5) is 0 Å². The predicted molar refractivity (Wildman–Crippen MR) is 68.6 cm³/mol. The van der Waals surface area contributed by atoms with Crippen molar-refractivity contribution >= 4 is 10.0 Å². The smallest absolute Gasteiger partial charge is 0.262 e. The second-order valence-electron chi connectivity index (χ2n) is 4.19. The fourth-order valence-corrected chi connectivity index (χ4v) is 3.67. The summed E-state index contributed by atoms with van der Waals surface area (Å²) in [5.41, 5.74) is 0.